The molecule has 0 spiro atoms. The first-order valence-corrected chi connectivity index (χ1v) is 11.8. The lowest BCUT2D eigenvalue weighted by Gasteiger charge is -2.23. The maximum atomic E-state index is 13.0. The quantitative estimate of drug-likeness (QED) is 0.720. The van der Waals surface area contributed by atoms with Crippen LogP contribution in [-0.2, 0) is 10.0 Å². The number of nitrogens with one attached hydrogen (secondary N) is 2. The Morgan fingerprint density at radius 2 is 1.86 bits per heavy atom. The normalized spacial score (nSPS) is 23.2. The highest BCUT2D eigenvalue weighted by Crippen LogP contribution is 2.44. The number of benzene rings is 2. The fourth-order valence-corrected chi connectivity index (χ4v) is 6.22. The maximum Gasteiger partial charge on any atom is 0.263 e. The van der Waals surface area contributed by atoms with Crippen LogP contribution in [0.1, 0.15) is 47.2 Å². The van der Waals surface area contributed by atoms with Crippen LogP contribution in [0.2, 0.25) is 5.02 Å². The van der Waals surface area contributed by atoms with Gasteiger partial charge in [-0.3, -0.25) is 9.52 Å². The van der Waals surface area contributed by atoms with Crippen molar-refractivity contribution in [1.82, 2.24) is 5.32 Å². The van der Waals surface area contributed by atoms with Crippen LogP contribution >= 0.6 is 11.6 Å². The van der Waals surface area contributed by atoms with Crippen molar-refractivity contribution in [2.24, 2.45) is 11.8 Å². The number of anilines is 1. The summed E-state index contributed by atoms with van der Waals surface area (Å²) in [4.78, 5) is 12.7. The first-order chi connectivity index (χ1) is 13.7. The van der Waals surface area contributed by atoms with Crippen LogP contribution in [0.3, 0.4) is 0 Å². The van der Waals surface area contributed by atoms with Crippen molar-refractivity contribution < 1.29 is 13.2 Å². The minimum atomic E-state index is -3.94. The molecule has 7 heteroatoms. The lowest BCUT2D eigenvalue weighted by Crippen LogP contribution is -2.38. The van der Waals surface area contributed by atoms with Gasteiger partial charge < -0.3 is 5.32 Å². The van der Waals surface area contributed by atoms with Crippen molar-refractivity contribution in [3.05, 3.63) is 58.1 Å². The Labute approximate surface area is 176 Å². The molecular formula is C22H25ClN2O3S. The third kappa shape index (κ3) is 4.14. The van der Waals surface area contributed by atoms with E-state index >= 15 is 0 Å². The Bertz CT molecular complexity index is 1070. The highest BCUT2D eigenvalue weighted by Gasteiger charge is 2.40. The monoisotopic (exact) mass is 432 g/mol. The molecule has 0 saturated heterocycles. The topological polar surface area (TPSA) is 75.3 Å². The van der Waals surface area contributed by atoms with Gasteiger partial charge in [0.1, 0.15) is 4.90 Å². The summed E-state index contributed by atoms with van der Waals surface area (Å²) in [5.74, 6) is 1.01. The molecule has 2 aromatic rings. The van der Waals surface area contributed by atoms with Crippen LogP contribution in [0, 0.1) is 25.7 Å². The zero-order valence-corrected chi connectivity index (χ0v) is 18.1. The van der Waals surface area contributed by atoms with E-state index in [-0.39, 0.29) is 21.9 Å². The minimum Gasteiger partial charge on any atom is -0.349 e. The highest BCUT2D eigenvalue weighted by atomic mass is 35.5. The van der Waals surface area contributed by atoms with Gasteiger partial charge in [-0.15, -0.1) is 0 Å². The first kappa shape index (κ1) is 20.2. The Morgan fingerprint density at radius 1 is 1.07 bits per heavy atom. The van der Waals surface area contributed by atoms with Crippen molar-refractivity contribution in [3.8, 4) is 0 Å². The summed E-state index contributed by atoms with van der Waals surface area (Å²) in [5, 5.41) is 3.18. The van der Waals surface area contributed by atoms with Crippen molar-refractivity contribution >= 4 is 33.2 Å². The lowest BCUT2D eigenvalue weighted by atomic mass is 9.95. The zero-order chi connectivity index (χ0) is 20.8. The molecule has 154 valence electrons. The Morgan fingerprint density at radius 3 is 2.55 bits per heavy atom. The van der Waals surface area contributed by atoms with Crippen LogP contribution in [0.4, 0.5) is 5.69 Å². The van der Waals surface area contributed by atoms with Crippen molar-refractivity contribution in [3.63, 3.8) is 0 Å². The van der Waals surface area contributed by atoms with Gasteiger partial charge in [-0.1, -0.05) is 30.2 Å². The van der Waals surface area contributed by atoms with Crippen LogP contribution in [0.5, 0.6) is 0 Å². The molecule has 29 heavy (non-hydrogen) atoms. The summed E-state index contributed by atoms with van der Waals surface area (Å²) in [5.41, 5.74) is 2.55. The smallest absolute Gasteiger partial charge is 0.263 e. The number of hydrogen-bond donors (Lipinski definition) is 2. The number of aryl methyl sites for hydroxylation is 2. The van der Waals surface area contributed by atoms with Gasteiger partial charge >= 0.3 is 0 Å². The van der Waals surface area contributed by atoms with Gasteiger partial charge in [-0.2, -0.15) is 0 Å². The van der Waals surface area contributed by atoms with Crippen molar-refractivity contribution in [2.45, 2.75) is 50.5 Å². The molecule has 3 atom stereocenters. The standard InChI is InChI=1S/C22H25ClN2O3S/c1-13-3-4-14(2)19(9-13)25-29(27,28)21-12-17(7-8-18(21)23)22(26)24-20-11-15-5-6-16(20)10-15/h3-4,7-9,12,15-16,20,25H,5-6,10-11H2,1-2H3,(H,24,26)/t15-,16-,20-/m0/s1. The number of carbonyl (C=O) groups excluding carboxylic acids is 1. The summed E-state index contributed by atoms with van der Waals surface area (Å²) < 4.78 is 28.6. The largest absolute Gasteiger partial charge is 0.349 e. The van der Waals surface area contributed by atoms with E-state index in [2.05, 4.69) is 10.0 Å². The summed E-state index contributed by atoms with van der Waals surface area (Å²) in [6.45, 7) is 3.73. The second-order valence-corrected chi connectivity index (χ2v) is 10.4. The molecule has 1 amide bonds. The molecule has 2 fully saturated rings. The molecule has 0 unspecified atom stereocenters. The van der Waals surface area contributed by atoms with E-state index < -0.39 is 10.0 Å². The number of hydrogen-bond acceptors (Lipinski definition) is 3. The van der Waals surface area contributed by atoms with Crippen LogP contribution in [0.15, 0.2) is 41.3 Å². The van der Waals surface area contributed by atoms with Gasteiger partial charge in [0.25, 0.3) is 15.9 Å². The highest BCUT2D eigenvalue weighted by molar-refractivity contribution is 7.92. The first-order valence-electron chi connectivity index (χ1n) is 9.93. The third-order valence-electron chi connectivity index (χ3n) is 6.17. The van der Waals surface area contributed by atoms with E-state index in [0.29, 0.717) is 23.1 Å². The predicted molar refractivity (Wildman–Crippen MR) is 115 cm³/mol. The van der Waals surface area contributed by atoms with Crippen LogP contribution in [-0.4, -0.2) is 20.4 Å². The molecule has 0 aliphatic heterocycles. The van der Waals surface area contributed by atoms with E-state index in [0.717, 1.165) is 24.0 Å². The van der Waals surface area contributed by atoms with Gasteiger partial charge in [0.2, 0.25) is 0 Å². The van der Waals surface area contributed by atoms with Gasteiger partial charge in [-0.05, 0) is 80.3 Å². The molecule has 5 nitrogen and oxygen atoms in total. The lowest BCUT2D eigenvalue weighted by molar-refractivity contribution is 0.0922. The molecule has 0 aromatic heterocycles. The second kappa shape index (κ2) is 7.65. The van der Waals surface area contributed by atoms with Gasteiger partial charge in [0.05, 0.1) is 10.7 Å². The van der Waals surface area contributed by atoms with Gasteiger partial charge in [0.15, 0.2) is 0 Å². The van der Waals surface area contributed by atoms with E-state index in [9.17, 15) is 13.2 Å². The predicted octanol–water partition coefficient (Wildman–Crippen LogP) is 4.68. The summed E-state index contributed by atoms with van der Waals surface area (Å²) in [7, 11) is -3.94. The van der Waals surface area contributed by atoms with Crippen LogP contribution < -0.4 is 10.0 Å². The SMILES string of the molecule is Cc1ccc(C)c(NS(=O)(=O)c2cc(C(=O)N[C@H]3C[C@H]4CC[C@H]3C4)ccc2Cl)c1. The summed E-state index contributed by atoms with van der Waals surface area (Å²) >= 11 is 6.19. The molecule has 0 heterocycles. The van der Waals surface area contributed by atoms with Gasteiger partial charge in [-0.25, -0.2) is 8.42 Å². The van der Waals surface area contributed by atoms with E-state index in [1.54, 1.807) is 12.1 Å². The number of carbonyl (C=O) groups is 1. The molecule has 2 aromatic carbocycles. The Balaban J connectivity index is 1.57. The summed E-state index contributed by atoms with van der Waals surface area (Å²) in [6, 6.07) is 10.1. The van der Waals surface area contributed by atoms with Crippen molar-refractivity contribution in [2.75, 3.05) is 4.72 Å². The van der Waals surface area contributed by atoms with E-state index in [4.69, 9.17) is 11.6 Å². The second-order valence-electron chi connectivity index (χ2n) is 8.32. The zero-order valence-electron chi connectivity index (χ0n) is 16.5. The Hall–Kier alpha value is -2.05. The number of sulfonamides is 1. The number of amides is 1. The number of fused-ring (bicyclic) bond motifs is 2. The van der Waals surface area contributed by atoms with Gasteiger partial charge in [0, 0.05) is 11.6 Å². The number of halogens is 1. The molecule has 2 aliphatic rings. The fraction of sp³-hybridized carbons (Fsp3) is 0.409. The van der Waals surface area contributed by atoms with Crippen molar-refractivity contribution in [1.29, 1.82) is 0 Å². The fourth-order valence-electron chi connectivity index (χ4n) is 4.57. The summed E-state index contributed by atoms with van der Waals surface area (Å²) in [6.07, 6.45) is 4.62. The third-order valence-corrected chi connectivity index (χ3v) is 8.02. The van der Waals surface area contributed by atoms with E-state index in [1.165, 1.54) is 25.0 Å². The molecule has 2 N–H and O–H groups in total. The molecule has 2 aliphatic carbocycles. The average molecular weight is 433 g/mol. The minimum absolute atomic E-state index is 0.0827. The molecule has 0 radical (unpaired) electrons. The number of rotatable bonds is 5. The average Bonchev–Trinajstić information content (AvgIpc) is 3.27. The van der Waals surface area contributed by atoms with Crippen LogP contribution in [0.25, 0.3) is 0 Å². The molecule has 4 rings (SSSR count). The molecular weight excluding hydrogens is 408 g/mol. The molecule has 2 bridgehead atoms. The maximum absolute atomic E-state index is 13.0. The molecule has 2 saturated carbocycles. The Kier molecular flexibility index (Phi) is 5.34. The van der Waals surface area contributed by atoms with E-state index in [1.807, 2.05) is 26.0 Å².